The zero-order chi connectivity index (χ0) is 17.4. The Hall–Kier alpha value is -2.82. The van der Waals surface area contributed by atoms with Crippen molar-refractivity contribution < 1.29 is 19.4 Å². The van der Waals surface area contributed by atoms with Gasteiger partial charge in [-0.15, -0.1) is 0 Å². The highest BCUT2D eigenvalue weighted by atomic mass is 16.5. The largest absolute Gasteiger partial charge is 0.481 e. The van der Waals surface area contributed by atoms with Crippen LogP contribution in [0.1, 0.15) is 29.9 Å². The molecular weight excluding hydrogens is 318 g/mol. The second-order valence-electron chi connectivity index (χ2n) is 6.60. The van der Waals surface area contributed by atoms with Gasteiger partial charge < -0.3 is 15.2 Å². The summed E-state index contributed by atoms with van der Waals surface area (Å²) in [6.07, 6.45) is 0.739. The van der Waals surface area contributed by atoms with Crippen LogP contribution in [0.4, 0.5) is 4.79 Å². The predicted molar refractivity (Wildman–Crippen MR) is 92.4 cm³/mol. The lowest BCUT2D eigenvalue weighted by molar-refractivity contribution is -0.145. The number of fused-ring (bicyclic) bond motifs is 3. The van der Waals surface area contributed by atoms with Gasteiger partial charge in [0.05, 0.1) is 5.92 Å². The Morgan fingerprint density at radius 2 is 1.60 bits per heavy atom. The van der Waals surface area contributed by atoms with Crippen LogP contribution in [0.5, 0.6) is 0 Å². The molecule has 2 aromatic carbocycles. The average molecular weight is 337 g/mol. The van der Waals surface area contributed by atoms with E-state index in [1.54, 1.807) is 0 Å². The summed E-state index contributed by atoms with van der Waals surface area (Å²) < 4.78 is 5.43. The highest BCUT2D eigenvalue weighted by molar-refractivity contribution is 5.79. The van der Waals surface area contributed by atoms with Gasteiger partial charge in [-0.1, -0.05) is 48.5 Å². The minimum absolute atomic E-state index is 0.00908. The molecule has 1 fully saturated rings. The number of hydrogen-bond donors (Lipinski definition) is 2. The van der Waals surface area contributed by atoms with Crippen molar-refractivity contribution in [3.05, 3.63) is 59.7 Å². The van der Waals surface area contributed by atoms with E-state index in [1.165, 1.54) is 11.1 Å². The van der Waals surface area contributed by atoms with Gasteiger partial charge in [0.1, 0.15) is 6.61 Å². The van der Waals surface area contributed by atoms with Crippen molar-refractivity contribution in [2.24, 2.45) is 5.92 Å². The summed E-state index contributed by atoms with van der Waals surface area (Å²) in [7, 11) is 0. The first-order valence-electron chi connectivity index (χ1n) is 8.49. The summed E-state index contributed by atoms with van der Waals surface area (Å²) in [6, 6.07) is 16.0. The van der Waals surface area contributed by atoms with E-state index < -0.39 is 18.0 Å². The number of alkyl carbamates (subject to hydrolysis) is 1. The lowest BCUT2D eigenvalue weighted by Gasteiger charge is -2.33. The third-order valence-electron chi connectivity index (χ3n) is 5.24. The van der Waals surface area contributed by atoms with Crippen LogP contribution in [0.2, 0.25) is 0 Å². The van der Waals surface area contributed by atoms with Crippen LogP contribution in [-0.4, -0.2) is 29.8 Å². The van der Waals surface area contributed by atoms with Gasteiger partial charge in [0.15, 0.2) is 0 Å². The molecule has 2 aromatic rings. The monoisotopic (exact) mass is 337 g/mol. The van der Waals surface area contributed by atoms with E-state index in [2.05, 4.69) is 29.6 Å². The number of hydrogen-bond acceptors (Lipinski definition) is 3. The fourth-order valence-electron chi connectivity index (χ4n) is 3.76. The van der Waals surface area contributed by atoms with Gasteiger partial charge in [0, 0.05) is 12.0 Å². The number of aliphatic carboxylic acids is 1. The first-order chi connectivity index (χ1) is 12.1. The third kappa shape index (κ3) is 2.76. The van der Waals surface area contributed by atoms with E-state index in [1.807, 2.05) is 24.3 Å². The standard InChI is InChI=1S/C20H19NO4/c22-19(23)16-9-10-18(16)21-20(24)25-11-17-14-7-3-1-5-12(14)13-6-2-4-8-15(13)17/h1-8,16-18H,9-11H2,(H,21,24)(H,22,23). The number of carboxylic acid groups (broad SMARTS) is 1. The number of carbonyl (C=O) groups is 2. The van der Waals surface area contributed by atoms with Gasteiger partial charge >= 0.3 is 12.1 Å². The number of amides is 1. The molecule has 5 heteroatoms. The van der Waals surface area contributed by atoms with Crippen molar-refractivity contribution in [2.45, 2.75) is 24.8 Å². The van der Waals surface area contributed by atoms with E-state index in [0.29, 0.717) is 12.8 Å². The molecule has 1 amide bonds. The van der Waals surface area contributed by atoms with Gasteiger partial charge in [-0.3, -0.25) is 4.79 Å². The zero-order valence-corrected chi connectivity index (χ0v) is 13.6. The normalized spacial score (nSPS) is 21.0. The molecule has 2 N–H and O–H groups in total. The topological polar surface area (TPSA) is 75.6 Å². The summed E-state index contributed by atoms with van der Waals surface area (Å²) in [6.45, 7) is 0.240. The highest BCUT2D eigenvalue weighted by Gasteiger charge is 2.38. The van der Waals surface area contributed by atoms with E-state index in [0.717, 1.165) is 11.1 Å². The number of ether oxygens (including phenoxy) is 1. The Morgan fingerprint density at radius 1 is 1.00 bits per heavy atom. The molecule has 0 saturated heterocycles. The van der Waals surface area contributed by atoms with Gasteiger partial charge in [-0.25, -0.2) is 4.79 Å². The Kier molecular flexibility index (Phi) is 3.92. The molecule has 0 heterocycles. The number of nitrogens with one attached hydrogen (secondary N) is 1. The first-order valence-corrected chi connectivity index (χ1v) is 8.49. The maximum absolute atomic E-state index is 12.1. The summed E-state index contributed by atoms with van der Waals surface area (Å²) in [5.41, 5.74) is 4.67. The van der Waals surface area contributed by atoms with E-state index >= 15 is 0 Å². The van der Waals surface area contributed by atoms with Gasteiger partial charge in [-0.05, 0) is 35.1 Å². The van der Waals surface area contributed by atoms with Crippen LogP contribution in [-0.2, 0) is 9.53 Å². The molecule has 0 radical (unpaired) electrons. The van der Waals surface area contributed by atoms with Crippen molar-refractivity contribution in [2.75, 3.05) is 6.61 Å². The molecule has 0 aliphatic heterocycles. The van der Waals surface area contributed by atoms with Crippen LogP contribution in [0.15, 0.2) is 48.5 Å². The highest BCUT2D eigenvalue weighted by Crippen LogP contribution is 2.44. The minimum atomic E-state index is -0.866. The number of carbonyl (C=O) groups excluding carboxylic acids is 1. The molecule has 128 valence electrons. The Labute approximate surface area is 145 Å². The molecule has 25 heavy (non-hydrogen) atoms. The van der Waals surface area contributed by atoms with Crippen molar-refractivity contribution >= 4 is 12.1 Å². The second-order valence-corrected chi connectivity index (χ2v) is 6.60. The van der Waals surface area contributed by atoms with Crippen LogP contribution in [0.25, 0.3) is 11.1 Å². The second kappa shape index (κ2) is 6.24. The quantitative estimate of drug-likeness (QED) is 0.897. The molecule has 2 aliphatic rings. The van der Waals surface area contributed by atoms with Crippen LogP contribution < -0.4 is 5.32 Å². The van der Waals surface area contributed by atoms with Crippen molar-refractivity contribution in [3.63, 3.8) is 0 Å². The van der Waals surface area contributed by atoms with Crippen molar-refractivity contribution in [1.29, 1.82) is 0 Å². The Morgan fingerprint density at radius 3 is 2.12 bits per heavy atom. The molecule has 4 rings (SSSR count). The lowest BCUT2D eigenvalue weighted by atomic mass is 9.80. The summed E-state index contributed by atoms with van der Waals surface area (Å²) >= 11 is 0. The van der Waals surface area contributed by atoms with E-state index in [9.17, 15) is 9.59 Å². The molecule has 2 unspecified atom stereocenters. The van der Waals surface area contributed by atoms with E-state index in [-0.39, 0.29) is 18.6 Å². The van der Waals surface area contributed by atoms with Crippen LogP contribution in [0.3, 0.4) is 0 Å². The molecule has 0 bridgehead atoms. The molecule has 0 spiro atoms. The van der Waals surface area contributed by atoms with Crippen molar-refractivity contribution in [3.8, 4) is 11.1 Å². The van der Waals surface area contributed by atoms with Crippen LogP contribution in [0, 0.1) is 5.92 Å². The van der Waals surface area contributed by atoms with E-state index in [4.69, 9.17) is 9.84 Å². The third-order valence-corrected chi connectivity index (χ3v) is 5.24. The first kappa shape index (κ1) is 15.7. The number of benzene rings is 2. The fourth-order valence-corrected chi connectivity index (χ4v) is 3.76. The van der Waals surface area contributed by atoms with Gasteiger partial charge in [-0.2, -0.15) is 0 Å². The zero-order valence-electron chi connectivity index (χ0n) is 13.6. The summed E-state index contributed by atoms with van der Waals surface area (Å²) in [5.74, 6) is -1.36. The van der Waals surface area contributed by atoms with Gasteiger partial charge in [0.25, 0.3) is 0 Å². The smallest absolute Gasteiger partial charge is 0.407 e. The molecule has 2 aliphatic carbocycles. The minimum Gasteiger partial charge on any atom is -0.481 e. The number of rotatable bonds is 4. The molecular formula is C20H19NO4. The maximum atomic E-state index is 12.1. The Bertz CT molecular complexity index is 786. The Balaban J connectivity index is 1.45. The SMILES string of the molecule is O=C(NC1CCC1C(=O)O)OCC1c2ccccc2-c2ccccc21. The van der Waals surface area contributed by atoms with Crippen molar-refractivity contribution in [1.82, 2.24) is 5.32 Å². The maximum Gasteiger partial charge on any atom is 0.407 e. The number of carboxylic acids is 1. The van der Waals surface area contributed by atoms with Gasteiger partial charge in [0.2, 0.25) is 0 Å². The molecule has 0 aromatic heterocycles. The summed E-state index contributed by atoms with van der Waals surface area (Å²) in [4.78, 5) is 23.1. The molecule has 5 nitrogen and oxygen atoms in total. The van der Waals surface area contributed by atoms with Crippen LogP contribution >= 0.6 is 0 Å². The predicted octanol–water partition coefficient (Wildman–Crippen LogP) is 3.39. The molecule has 1 saturated carbocycles. The average Bonchev–Trinajstić information content (AvgIpc) is 2.90. The summed E-state index contributed by atoms with van der Waals surface area (Å²) in [5, 5.41) is 11.7. The fraction of sp³-hybridized carbons (Fsp3) is 0.300. The lowest BCUT2D eigenvalue weighted by Crippen LogP contribution is -2.50. The molecule has 2 atom stereocenters.